The van der Waals surface area contributed by atoms with Crippen LogP contribution in [0.1, 0.15) is 32.1 Å². The molecule has 9 nitrogen and oxygen atoms in total. The zero-order valence-corrected chi connectivity index (χ0v) is 22.1. The highest BCUT2D eigenvalue weighted by atomic mass is 35.5. The van der Waals surface area contributed by atoms with Crippen LogP contribution in [0.3, 0.4) is 0 Å². The molecule has 1 amide bonds. The summed E-state index contributed by atoms with van der Waals surface area (Å²) in [5.41, 5.74) is 5.94. The number of amides is 1. The van der Waals surface area contributed by atoms with Crippen molar-refractivity contribution in [3.05, 3.63) is 59.1 Å². The average Bonchev–Trinajstić information content (AvgIpc) is 2.86. The SMILES string of the molecule is NC1CCC(NC(=O)C2N(S(=O)(=O)c3ccc(F)cc3)CCCN2S(=O)(=O)c2ccc(F)c(Cl)c2)CC1. The van der Waals surface area contributed by atoms with Crippen LogP contribution in [-0.2, 0) is 24.8 Å². The third-order valence-electron chi connectivity index (χ3n) is 6.57. The second-order valence-electron chi connectivity index (χ2n) is 9.11. The van der Waals surface area contributed by atoms with E-state index in [0.717, 1.165) is 51.1 Å². The van der Waals surface area contributed by atoms with E-state index in [-0.39, 0.29) is 41.4 Å². The van der Waals surface area contributed by atoms with Crippen LogP contribution in [0.15, 0.2) is 52.3 Å². The molecule has 4 rings (SSSR count). The fourth-order valence-electron chi connectivity index (χ4n) is 4.59. The number of carbonyl (C=O) groups is 1. The predicted octanol–water partition coefficient (Wildman–Crippen LogP) is 2.42. The lowest BCUT2D eigenvalue weighted by Gasteiger charge is -2.41. The molecule has 1 aliphatic carbocycles. The normalized spacial score (nSPS) is 24.1. The van der Waals surface area contributed by atoms with Gasteiger partial charge < -0.3 is 11.1 Å². The van der Waals surface area contributed by atoms with Crippen molar-refractivity contribution >= 4 is 37.6 Å². The van der Waals surface area contributed by atoms with Crippen LogP contribution in [0.2, 0.25) is 5.02 Å². The molecule has 202 valence electrons. The summed E-state index contributed by atoms with van der Waals surface area (Å²) in [6.07, 6.45) is 0.742. The van der Waals surface area contributed by atoms with Gasteiger partial charge in [0.1, 0.15) is 11.6 Å². The van der Waals surface area contributed by atoms with Gasteiger partial charge in [0.05, 0.1) is 14.8 Å². The average molecular weight is 577 g/mol. The molecule has 1 aliphatic heterocycles. The lowest BCUT2D eigenvalue weighted by Crippen LogP contribution is -2.64. The Balaban J connectivity index is 1.75. The molecule has 2 aromatic rings. The lowest BCUT2D eigenvalue weighted by atomic mass is 9.92. The predicted molar refractivity (Wildman–Crippen MR) is 132 cm³/mol. The Morgan fingerprint density at radius 1 is 0.892 bits per heavy atom. The van der Waals surface area contributed by atoms with Crippen molar-refractivity contribution in [2.24, 2.45) is 5.73 Å². The molecular formula is C23H27ClF2N4O5S2. The number of rotatable bonds is 6. The first-order valence-electron chi connectivity index (χ1n) is 11.7. The van der Waals surface area contributed by atoms with E-state index in [9.17, 15) is 30.4 Å². The summed E-state index contributed by atoms with van der Waals surface area (Å²) in [5, 5.41) is 2.36. The summed E-state index contributed by atoms with van der Waals surface area (Å²) in [4.78, 5) is 12.9. The van der Waals surface area contributed by atoms with Gasteiger partial charge in [-0.3, -0.25) is 4.79 Å². The number of sulfonamides is 2. The van der Waals surface area contributed by atoms with E-state index in [4.69, 9.17) is 17.3 Å². The van der Waals surface area contributed by atoms with Gasteiger partial charge in [-0.25, -0.2) is 25.6 Å². The Hall–Kier alpha value is -2.16. The molecule has 2 aromatic carbocycles. The van der Waals surface area contributed by atoms with Gasteiger partial charge in [-0.1, -0.05) is 11.6 Å². The minimum atomic E-state index is -4.49. The van der Waals surface area contributed by atoms with E-state index in [1.165, 1.54) is 0 Å². The third-order valence-corrected chi connectivity index (χ3v) is 10.6. The highest BCUT2D eigenvalue weighted by Crippen LogP contribution is 2.31. The van der Waals surface area contributed by atoms with Crippen molar-refractivity contribution in [1.82, 2.24) is 13.9 Å². The maximum atomic E-state index is 13.7. The Kier molecular flexibility index (Phi) is 8.22. The molecule has 1 saturated carbocycles. The lowest BCUT2D eigenvalue weighted by molar-refractivity contribution is -0.130. The van der Waals surface area contributed by atoms with Gasteiger partial charge in [0.2, 0.25) is 20.0 Å². The van der Waals surface area contributed by atoms with Crippen molar-refractivity contribution in [2.75, 3.05) is 13.1 Å². The molecule has 2 fully saturated rings. The highest BCUT2D eigenvalue weighted by Gasteiger charge is 2.47. The first kappa shape index (κ1) is 27.9. The summed E-state index contributed by atoms with van der Waals surface area (Å²) in [6, 6.07) is 6.52. The summed E-state index contributed by atoms with van der Waals surface area (Å²) >= 11 is 5.81. The number of benzene rings is 2. The minimum Gasteiger partial charge on any atom is -0.351 e. The first-order valence-corrected chi connectivity index (χ1v) is 15.0. The monoisotopic (exact) mass is 576 g/mol. The van der Waals surface area contributed by atoms with Gasteiger partial charge in [0.25, 0.3) is 5.91 Å². The standard InChI is InChI=1S/C23H27ClF2N4O5S2/c24-20-14-19(10-11-21(20)26)37(34,35)30-13-1-12-29(36(32,33)18-8-2-15(25)3-9-18)23(30)22(31)28-17-6-4-16(27)5-7-17/h2-3,8-11,14,16-17,23H,1,4-7,12-13,27H2,(H,28,31). The van der Waals surface area contributed by atoms with Gasteiger partial charge in [-0.2, -0.15) is 8.61 Å². The molecule has 0 bridgehead atoms. The molecule has 0 spiro atoms. The molecule has 1 unspecified atom stereocenters. The second kappa shape index (κ2) is 10.9. The summed E-state index contributed by atoms with van der Waals surface area (Å²) in [6.45, 7) is -0.316. The van der Waals surface area contributed by atoms with Crippen LogP contribution < -0.4 is 11.1 Å². The number of nitrogens with zero attached hydrogens (tertiary/aromatic N) is 2. The number of carbonyl (C=O) groups excluding carboxylic acids is 1. The van der Waals surface area contributed by atoms with Crippen molar-refractivity contribution in [2.45, 2.75) is 60.1 Å². The topological polar surface area (TPSA) is 130 Å². The van der Waals surface area contributed by atoms with Crippen molar-refractivity contribution in [3.63, 3.8) is 0 Å². The first-order chi connectivity index (χ1) is 17.4. The van der Waals surface area contributed by atoms with Crippen molar-refractivity contribution in [1.29, 1.82) is 0 Å². The molecule has 3 N–H and O–H groups in total. The second-order valence-corrected chi connectivity index (χ2v) is 13.3. The van der Waals surface area contributed by atoms with E-state index in [1.54, 1.807) is 0 Å². The van der Waals surface area contributed by atoms with E-state index in [1.807, 2.05) is 0 Å². The summed E-state index contributed by atoms with van der Waals surface area (Å²) in [5.74, 6) is -2.30. The zero-order valence-electron chi connectivity index (χ0n) is 19.7. The van der Waals surface area contributed by atoms with Crippen LogP contribution in [0.5, 0.6) is 0 Å². The van der Waals surface area contributed by atoms with Gasteiger partial charge in [-0.05, 0) is 74.6 Å². The van der Waals surface area contributed by atoms with Crippen LogP contribution >= 0.6 is 11.6 Å². The van der Waals surface area contributed by atoms with Crippen LogP contribution in [0.4, 0.5) is 8.78 Å². The molecule has 2 aliphatic rings. The van der Waals surface area contributed by atoms with Gasteiger partial charge in [-0.15, -0.1) is 0 Å². The maximum Gasteiger partial charge on any atom is 0.254 e. The Morgan fingerprint density at radius 3 is 2.00 bits per heavy atom. The zero-order chi connectivity index (χ0) is 27.0. The summed E-state index contributed by atoms with van der Waals surface area (Å²) < 4.78 is 83.2. The smallest absolute Gasteiger partial charge is 0.254 e. The van der Waals surface area contributed by atoms with Crippen LogP contribution in [-0.4, -0.2) is 62.7 Å². The Morgan fingerprint density at radius 2 is 1.43 bits per heavy atom. The Labute approximate surface area is 219 Å². The quantitative estimate of drug-likeness (QED) is 0.543. The highest BCUT2D eigenvalue weighted by molar-refractivity contribution is 7.90. The molecule has 1 saturated heterocycles. The number of nitrogens with two attached hydrogens (primary N) is 1. The fourth-order valence-corrected chi connectivity index (χ4v) is 8.11. The summed E-state index contributed by atoms with van der Waals surface area (Å²) in [7, 11) is -8.91. The molecule has 1 atom stereocenters. The maximum absolute atomic E-state index is 13.7. The van der Waals surface area contributed by atoms with Gasteiger partial charge >= 0.3 is 0 Å². The number of halogens is 3. The molecule has 1 heterocycles. The van der Waals surface area contributed by atoms with E-state index < -0.39 is 48.8 Å². The molecule has 0 aromatic heterocycles. The van der Waals surface area contributed by atoms with Crippen LogP contribution in [0, 0.1) is 11.6 Å². The fraction of sp³-hybridized carbons (Fsp3) is 0.435. The number of hydrogen-bond donors (Lipinski definition) is 2. The molecule has 0 radical (unpaired) electrons. The van der Waals surface area contributed by atoms with E-state index in [0.29, 0.717) is 25.7 Å². The van der Waals surface area contributed by atoms with Crippen molar-refractivity contribution in [3.8, 4) is 0 Å². The Bertz CT molecular complexity index is 1370. The van der Waals surface area contributed by atoms with Crippen molar-refractivity contribution < 1.29 is 30.4 Å². The van der Waals surface area contributed by atoms with Gasteiger partial charge in [0, 0.05) is 25.2 Å². The third kappa shape index (κ3) is 5.81. The molecule has 37 heavy (non-hydrogen) atoms. The minimum absolute atomic E-state index is 0.00159. The van der Waals surface area contributed by atoms with Crippen LogP contribution in [0.25, 0.3) is 0 Å². The molecule has 14 heteroatoms. The largest absolute Gasteiger partial charge is 0.351 e. The number of nitrogens with one attached hydrogen (secondary N) is 1. The number of hydrogen-bond acceptors (Lipinski definition) is 6. The van der Waals surface area contributed by atoms with E-state index in [2.05, 4.69) is 5.32 Å². The van der Waals surface area contributed by atoms with E-state index >= 15 is 0 Å². The van der Waals surface area contributed by atoms with Gasteiger partial charge in [0.15, 0.2) is 6.17 Å². The molecular weight excluding hydrogens is 550 g/mol.